The fourth-order valence-electron chi connectivity index (χ4n) is 3.97. The van der Waals surface area contributed by atoms with Crippen LogP contribution in [0.1, 0.15) is 35.1 Å². The Labute approximate surface area is 252 Å². The Morgan fingerprint density at radius 2 is 1.05 bits per heavy atom. The first kappa shape index (κ1) is 29.9. The number of benzene rings is 2. The predicted molar refractivity (Wildman–Crippen MR) is 169 cm³/mol. The number of carbonyl (C=O) groups is 4. The number of thiocarbonyl (C=S) groups is 2. The zero-order valence-corrected chi connectivity index (χ0v) is 25.7. The van der Waals surface area contributed by atoms with Crippen LogP contribution in [0.2, 0.25) is 0 Å². The number of nitrogens with one attached hydrogen (secondary N) is 2. The normalized spacial score (nSPS) is 17.2. The van der Waals surface area contributed by atoms with Crippen molar-refractivity contribution in [2.75, 3.05) is 23.7 Å². The van der Waals surface area contributed by atoms with E-state index in [2.05, 4.69) is 10.6 Å². The smallest absolute Gasteiger partial charge is 0.267 e. The van der Waals surface area contributed by atoms with Gasteiger partial charge in [0.15, 0.2) is 0 Å². The van der Waals surface area contributed by atoms with E-state index in [4.69, 9.17) is 24.4 Å². The minimum absolute atomic E-state index is 0.0449. The summed E-state index contributed by atoms with van der Waals surface area (Å²) in [5, 5.41) is 5.68. The fraction of sp³-hybridized carbons (Fsp3) is 0.286. The van der Waals surface area contributed by atoms with Crippen LogP contribution in [0.25, 0.3) is 0 Å². The molecule has 4 amide bonds. The zero-order chi connectivity index (χ0) is 29.1. The molecule has 0 spiro atoms. The molecule has 4 rings (SSSR count). The van der Waals surface area contributed by atoms with Gasteiger partial charge in [0.25, 0.3) is 11.8 Å². The zero-order valence-electron chi connectivity index (χ0n) is 22.5. The van der Waals surface area contributed by atoms with E-state index in [0.29, 0.717) is 11.4 Å². The molecule has 8 nitrogen and oxygen atoms in total. The molecular weight excluding hydrogens is 585 g/mol. The van der Waals surface area contributed by atoms with Gasteiger partial charge in [0.2, 0.25) is 11.8 Å². The SMILES string of the molecule is Cc1ccc(NC(=O)CCN2C(=O)/C(=C3\SC(=S)N(CCC(=O)Nc4ccc(C)c(C)c4)C3=O)SC2=S)cc1C. The molecule has 2 aromatic rings. The number of nitrogens with zero attached hydrogens (tertiary/aromatic N) is 2. The van der Waals surface area contributed by atoms with E-state index in [1.54, 1.807) is 0 Å². The highest BCUT2D eigenvalue weighted by Gasteiger charge is 2.42. The molecule has 0 bridgehead atoms. The van der Waals surface area contributed by atoms with Crippen LogP contribution in [0.3, 0.4) is 0 Å². The molecule has 0 unspecified atom stereocenters. The summed E-state index contributed by atoms with van der Waals surface area (Å²) in [6, 6.07) is 11.3. The second kappa shape index (κ2) is 12.6. The maximum atomic E-state index is 13.2. The third-order valence-corrected chi connectivity index (χ3v) is 9.64. The van der Waals surface area contributed by atoms with E-state index in [1.165, 1.54) is 9.80 Å². The number of hydrogen-bond donors (Lipinski definition) is 2. The van der Waals surface area contributed by atoms with Gasteiger partial charge >= 0.3 is 0 Å². The van der Waals surface area contributed by atoms with Crippen LogP contribution in [0.15, 0.2) is 46.2 Å². The summed E-state index contributed by atoms with van der Waals surface area (Å²) >= 11 is 12.8. The van der Waals surface area contributed by atoms with E-state index in [0.717, 1.165) is 45.8 Å². The van der Waals surface area contributed by atoms with Crippen molar-refractivity contribution in [2.45, 2.75) is 40.5 Å². The summed E-state index contributed by atoms with van der Waals surface area (Å²) in [4.78, 5) is 54.4. The Morgan fingerprint density at radius 1 is 0.675 bits per heavy atom. The first-order chi connectivity index (χ1) is 18.9. The highest BCUT2D eigenvalue weighted by molar-refractivity contribution is 8.29. The summed E-state index contributed by atoms with van der Waals surface area (Å²) in [7, 11) is 0. The number of aryl methyl sites for hydroxylation is 4. The second-order valence-electron chi connectivity index (χ2n) is 9.50. The van der Waals surface area contributed by atoms with Crippen LogP contribution in [-0.2, 0) is 19.2 Å². The van der Waals surface area contributed by atoms with E-state index >= 15 is 0 Å². The maximum absolute atomic E-state index is 13.2. The van der Waals surface area contributed by atoms with Crippen LogP contribution in [0, 0.1) is 27.7 Å². The lowest BCUT2D eigenvalue weighted by Crippen LogP contribution is -2.33. The molecule has 2 aromatic carbocycles. The molecule has 2 aliphatic rings. The summed E-state index contributed by atoms with van der Waals surface area (Å²) in [5.74, 6) is -1.35. The second-order valence-corrected chi connectivity index (χ2v) is 12.8. The molecule has 2 N–H and O–H groups in total. The van der Waals surface area contributed by atoms with Gasteiger partial charge in [0.1, 0.15) is 8.64 Å². The summed E-state index contributed by atoms with van der Waals surface area (Å²) in [6.07, 6.45) is 0.0897. The maximum Gasteiger partial charge on any atom is 0.267 e. The first-order valence-electron chi connectivity index (χ1n) is 12.5. The van der Waals surface area contributed by atoms with Crippen molar-refractivity contribution in [1.82, 2.24) is 9.80 Å². The van der Waals surface area contributed by atoms with Crippen molar-refractivity contribution in [1.29, 1.82) is 0 Å². The van der Waals surface area contributed by atoms with Crippen molar-refractivity contribution < 1.29 is 19.2 Å². The monoisotopic (exact) mass is 612 g/mol. The lowest BCUT2D eigenvalue weighted by molar-refractivity contribution is -0.125. The van der Waals surface area contributed by atoms with Gasteiger partial charge < -0.3 is 10.6 Å². The minimum Gasteiger partial charge on any atom is -0.326 e. The van der Waals surface area contributed by atoms with Crippen molar-refractivity contribution in [3.8, 4) is 0 Å². The molecule has 2 saturated heterocycles. The molecule has 0 saturated carbocycles. The number of carbonyl (C=O) groups excluding carboxylic acids is 4. The Kier molecular flexibility index (Phi) is 9.44. The number of hydrogen-bond acceptors (Lipinski definition) is 8. The van der Waals surface area contributed by atoms with Crippen molar-refractivity contribution in [2.24, 2.45) is 0 Å². The van der Waals surface area contributed by atoms with Gasteiger partial charge in [0, 0.05) is 37.3 Å². The Balaban J connectivity index is 1.34. The summed E-state index contributed by atoms with van der Waals surface area (Å²) in [6.45, 7) is 8.10. The van der Waals surface area contributed by atoms with E-state index < -0.39 is 11.8 Å². The highest BCUT2D eigenvalue weighted by atomic mass is 32.2. The largest absolute Gasteiger partial charge is 0.326 e. The molecular formula is C28H28N4O4S4. The molecule has 0 radical (unpaired) electrons. The fourth-order valence-corrected chi connectivity index (χ4v) is 6.74. The summed E-state index contributed by atoms with van der Waals surface area (Å²) < 4.78 is 0.550. The molecule has 40 heavy (non-hydrogen) atoms. The number of thioether (sulfide) groups is 2. The highest BCUT2D eigenvalue weighted by Crippen LogP contribution is 2.42. The molecule has 0 aromatic heterocycles. The van der Waals surface area contributed by atoms with Gasteiger partial charge in [-0.2, -0.15) is 0 Å². The van der Waals surface area contributed by atoms with Crippen molar-refractivity contribution >= 4 is 91.6 Å². The van der Waals surface area contributed by atoms with Gasteiger partial charge in [-0.25, -0.2) is 0 Å². The molecule has 0 aliphatic carbocycles. The van der Waals surface area contributed by atoms with Gasteiger partial charge in [-0.05, 0) is 74.2 Å². The van der Waals surface area contributed by atoms with E-state index in [1.807, 2.05) is 64.1 Å². The number of anilines is 2. The molecule has 12 heteroatoms. The topological polar surface area (TPSA) is 98.8 Å². The quantitative estimate of drug-likeness (QED) is 0.310. The van der Waals surface area contributed by atoms with E-state index in [-0.39, 0.29) is 56.2 Å². The minimum atomic E-state index is -0.429. The van der Waals surface area contributed by atoms with Gasteiger partial charge in [0.05, 0.1) is 9.81 Å². The van der Waals surface area contributed by atoms with Crippen molar-refractivity contribution in [3.63, 3.8) is 0 Å². The van der Waals surface area contributed by atoms with Gasteiger partial charge in [-0.1, -0.05) is 60.1 Å². The predicted octanol–water partition coefficient (Wildman–Crippen LogP) is 5.21. The van der Waals surface area contributed by atoms with Crippen LogP contribution >= 0.6 is 48.0 Å². The first-order valence-corrected chi connectivity index (χ1v) is 15.0. The number of rotatable bonds is 8. The van der Waals surface area contributed by atoms with Crippen LogP contribution in [0.5, 0.6) is 0 Å². The number of amides is 4. The lowest BCUT2D eigenvalue weighted by Gasteiger charge is -2.15. The Hall–Kier alpha value is -3.06. The van der Waals surface area contributed by atoms with Crippen LogP contribution in [0.4, 0.5) is 11.4 Å². The summed E-state index contributed by atoms with van der Waals surface area (Å²) in [5.41, 5.74) is 5.75. The van der Waals surface area contributed by atoms with Crippen LogP contribution < -0.4 is 10.6 Å². The molecule has 2 aliphatic heterocycles. The van der Waals surface area contributed by atoms with Crippen molar-refractivity contribution in [3.05, 3.63) is 68.5 Å². The molecule has 2 heterocycles. The molecule has 2 fully saturated rings. The Bertz CT molecular complexity index is 1380. The average molecular weight is 613 g/mol. The van der Waals surface area contributed by atoms with Crippen LogP contribution in [-0.4, -0.2) is 55.2 Å². The van der Waals surface area contributed by atoms with E-state index in [9.17, 15) is 19.2 Å². The van der Waals surface area contributed by atoms with Gasteiger partial charge in [-0.3, -0.25) is 29.0 Å². The average Bonchev–Trinajstić information content (AvgIpc) is 3.34. The third kappa shape index (κ3) is 6.80. The molecule has 0 atom stereocenters. The third-order valence-electron chi connectivity index (χ3n) is 6.61. The molecule has 208 valence electrons. The lowest BCUT2D eigenvalue weighted by atomic mass is 10.1. The Morgan fingerprint density at radius 3 is 1.40 bits per heavy atom. The standard InChI is InChI=1S/C28H28N4O4S4/c1-15-5-7-19(13-17(15)3)29-21(33)9-11-31-25(35)23(39-27(31)37)24-26(36)32(28(38)40-24)12-10-22(34)30-20-8-6-16(2)18(4)14-20/h5-8,13-14H,9-12H2,1-4H3,(H,29,33)(H,30,34)/b24-23+. The van der Waals surface area contributed by atoms with Gasteiger partial charge in [-0.15, -0.1) is 0 Å².